The van der Waals surface area contributed by atoms with Gasteiger partial charge >= 0.3 is 0 Å². The summed E-state index contributed by atoms with van der Waals surface area (Å²) in [5.41, 5.74) is 2.99. The van der Waals surface area contributed by atoms with Crippen LogP contribution in [0.2, 0.25) is 0 Å². The average molecular weight is 426 g/mol. The lowest BCUT2D eigenvalue weighted by Crippen LogP contribution is -2.53. The van der Waals surface area contributed by atoms with Crippen molar-refractivity contribution >= 4 is 5.91 Å². The molecule has 2 aliphatic heterocycles. The molecule has 0 saturated carbocycles. The minimum absolute atomic E-state index is 0.101. The third-order valence-electron chi connectivity index (χ3n) is 6.86. The van der Waals surface area contributed by atoms with Gasteiger partial charge in [0.2, 0.25) is 5.91 Å². The molecule has 2 aromatic rings. The molecule has 1 atom stereocenters. The summed E-state index contributed by atoms with van der Waals surface area (Å²) in [6.45, 7) is 7.50. The van der Waals surface area contributed by atoms with Gasteiger partial charge in [-0.2, -0.15) is 0 Å². The van der Waals surface area contributed by atoms with Gasteiger partial charge in [0.1, 0.15) is 6.54 Å². The largest absolute Gasteiger partial charge is 0.379 e. The summed E-state index contributed by atoms with van der Waals surface area (Å²) in [6.07, 6.45) is 3.49. The van der Waals surface area contributed by atoms with E-state index in [-0.39, 0.29) is 12.5 Å². The molecule has 9 nitrogen and oxygen atoms in total. The van der Waals surface area contributed by atoms with Crippen LogP contribution < -0.4 is 0 Å². The van der Waals surface area contributed by atoms with Crippen molar-refractivity contribution in [2.24, 2.45) is 0 Å². The lowest BCUT2D eigenvalue weighted by atomic mass is 9.87. The van der Waals surface area contributed by atoms with Crippen LogP contribution in [0.4, 0.5) is 0 Å². The molecule has 166 valence electrons. The van der Waals surface area contributed by atoms with Crippen molar-refractivity contribution in [3.8, 4) is 0 Å². The molecule has 0 radical (unpaired) electrons. The summed E-state index contributed by atoms with van der Waals surface area (Å²) in [6, 6.07) is 9.40. The normalized spacial score (nSPS) is 23.0. The first-order chi connectivity index (χ1) is 15.3. The number of carbonyl (C=O) groups is 1. The molecule has 5 rings (SSSR count). The number of nitrogens with zero attached hydrogens (tertiary/aromatic N) is 7. The van der Waals surface area contributed by atoms with Crippen LogP contribution in [0.5, 0.6) is 0 Å². The molecule has 2 fully saturated rings. The molecule has 0 N–H and O–H groups in total. The summed E-state index contributed by atoms with van der Waals surface area (Å²) < 4.78 is 7.05. The molecular weight excluding hydrogens is 394 g/mol. The molecule has 1 aliphatic carbocycles. The third-order valence-corrected chi connectivity index (χ3v) is 6.86. The second kappa shape index (κ2) is 9.42. The maximum atomic E-state index is 12.9. The Labute approximate surface area is 182 Å². The Morgan fingerprint density at radius 3 is 2.61 bits per heavy atom. The molecule has 1 aromatic heterocycles. The highest BCUT2D eigenvalue weighted by atomic mass is 16.5. The Bertz CT molecular complexity index is 887. The summed E-state index contributed by atoms with van der Waals surface area (Å²) in [5, 5.41) is 12.0. The number of ether oxygens (including phenoxy) is 1. The molecule has 3 heterocycles. The number of hydrogen-bond acceptors (Lipinski definition) is 7. The van der Waals surface area contributed by atoms with E-state index in [9.17, 15) is 4.79 Å². The molecule has 0 bridgehead atoms. The molecule has 2 saturated heterocycles. The second-order valence-electron chi connectivity index (χ2n) is 8.72. The van der Waals surface area contributed by atoms with Gasteiger partial charge in [0.25, 0.3) is 0 Å². The molecule has 9 heteroatoms. The smallest absolute Gasteiger partial charge is 0.244 e. The predicted octanol–water partition coefficient (Wildman–Crippen LogP) is 0.207. The number of carbonyl (C=O) groups excluding carboxylic acids is 1. The molecule has 1 aromatic carbocycles. The predicted molar refractivity (Wildman–Crippen MR) is 114 cm³/mol. The van der Waals surface area contributed by atoms with Crippen LogP contribution in [0.15, 0.2) is 24.3 Å². The van der Waals surface area contributed by atoms with Crippen molar-refractivity contribution in [3.05, 3.63) is 41.2 Å². The fourth-order valence-corrected chi connectivity index (χ4v) is 4.97. The monoisotopic (exact) mass is 425 g/mol. The zero-order chi connectivity index (χ0) is 21.0. The van der Waals surface area contributed by atoms with E-state index in [1.54, 1.807) is 4.68 Å². The lowest BCUT2D eigenvalue weighted by Gasteiger charge is -2.41. The van der Waals surface area contributed by atoms with Gasteiger partial charge < -0.3 is 9.64 Å². The van der Waals surface area contributed by atoms with Gasteiger partial charge in [0, 0.05) is 45.3 Å². The van der Waals surface area contributed by atoms with E-state index in [0.717, 1.165) is 71.1 Å². The molecule has 31 heavy (non-hydrogen) atoms. The van der Waals surface area contributed by atoms with Gasteiger partial charge in [0.05, 0.1) is 19.8 Å². The standard InChI is InChI=1S/C22H31N7O2/c30-22(17-29-21(23-24-25-29)16-26-11-13-31-14-12-26)28-9-7-27(8-10-28)20-6-5-18-3-1-2-4-19(18)15-20/h1-4,20H,5-17H2. The van der Waals surface area contributed by atoms with Crippen LogP contribution >= 0.6 is 0 Å². The van der Waals surface area contributed by atoms with E-state index in [2.05, 4.69) is 49.6 Å². The zero-order valence-electron chi connectivity index (χ0n) is 18.0. The molecule has 1 unspecified atom stereocenters. The topological polar surface area (TPSA) is 79.6 Å². The van der Waals surface area contributed by atoms with Crippen LogP contribution in [-0.2, 0) is 35.5 Å². The van der Waals surface area contributed by atoms with Crippen molar-refractivity contribution < 1.29 is 9.53 Å². The SMILES string of the molecule is O=C(Cn1nnnc1CN1CCOCC1)N1CCN(C2CCc3ccccc3C2)CC1. The van der Waals surface area contributed by atoms with Crippen LogP contribution in [0.1, 0.15) is 23.4 Å². The van der Waals surface area contributed by atoms with Crippen LogP contribution in [-0.4, -0.2) is 99.3 Å². The first kappa shape index (κ1) is 20.5. The molecular formula is C22H31N7O2. The fraction of sp³-hybridized carbons (Fsp3) is 0.636. The molecule has 3 aliphatic rings. The van der Waals surface area contributed by atoms with Crippen molar-refractivity contribution in [2.75, 3.05) is 52.5 Å². The summed E-state index contributed by atoms with van der Waals surface area (Å²) in [4.78, 5) is 19.7. The first-order valence-corrected chi connectivity index (χ1v) is 11.4. The average Bonchev–Trinajstić information content (AvgIpc) is 3.26. The maximum Gasteiger partial charge on any atom is 0.244 e. The highest BCUT2D eigenvalue weighted by Gasteiger charge is 2.29. The number of rotatable bonds is 5. The minimum Gasteiger partial charge on any atom is -0.379 e. The Balaban J connectivity index is 1.12. The van der Waals surface area contributed by atoms with E-state index in [1.807, 2.05) is 4.90 Å². The van der Waals surface area contributed by atoms with Gasteiger partial charge in [0.15, 0.2) is 5.82 Å². The Kier molecular flexibility index (Phi) is 6.24. The maximum absolute atomic E-state index is 12.9. The van der Waals surface area contributed by atoms with Gasteiger partial charge in [-0.25, -0.2) is 4.68 Å². The molecule has 0 spiro atoms. The van der Waals surface area contributed by atoms with Crippen LogP contribution in [0, 0.1) is 0 Å². The minimum atomic E-state index is 0.101. The van der Waals surface area contributed by atoms with Gasteiger partial charge in [-0.05, 0) is 40.8 Å². The van der Waals surface area contributed by atoms with Crippen LogP contribution in [0.25, 0.3) is 0 Å². The molecule has 1 amide bonds. The third kappa shape index (κ3) is 4.78. The highest BCUT2D eigenvalue weighted by Crippen LogP contribution is 2.25. The van der Waals surface area contributed by atoms with Crippen molar-refractivity contribution in [1.29, 1.82) is 0 Å². The van der Waals surface area contributed by atoms with E-state index < -0.39 is 0 Å². The number of amides is 1. The van der Waals surface area contributed by atoms with E-state index in [0.29, 0.717) is 12.6 Å². The number of aryl methyl sites for hydroxylation is 1. The highest BCUT2D eigenvalue weighted by molar-refractivity contribution is 5.76. The lowest BCUT2D eigenvalue weighted by molar-refractivity contribution is -0.134. The number of fused-ring (bicyclic) bond motifs is 1. The number of hydrogen-bond donors (Lipinski definition) is 0. The number of tetrazole rings is 1. The number of morpholine rings is 1. The number of aromatic nitrogens is 4. The van der Waals surface area contributed by atoms with E-state index in [4.69, 9.17) is 4.74 Å². The quantitative estimate of drug-likeness (QED) is 0.677. The first-order valence-electron chi connectivity index (χ1n) is 11.4. The van der Waals surface area contributed by atoms with E-state index >= 15 is 0 Å². The summed E-state index contributed by atoms with van der Waals surface area (Å²) >= 11 is 0. The summed E-state index contributed by atoms with van der Waals surface area (Å²) in [5.74, 6) is 0.846. The Morgan fingerprint density at radius 2 is 1.81 bits per heavy atom. The Morgan fingerprint density at radius 1 is 1.03 bits per heavy atom. The number of piperazine rings is 1. The van der Waals surface area contributed by atoms with Gasteiger partial charge in [-0.1, -0.05) is 24.3 Å². The van der Waals surface area contributed by atoms with Crippen molar-refractivity contribution in [2.45, 2.75) is 38.4 Å². The Hall–Kier alpha value is -2.36. The second-order valence-corrected chi connectivity index (χ2v) is 8.72. The van der Waals surface area contributed by atoms with Crippen molar-refractivity contribution in [1.82, 2.24) is 34.9 Å². The van der Waals surface area contributed by atoms with Gasteiger partial charge in [-0.3, -0.25) is 14.6 Å². The van der Waals surface area contributed by atoms with Gasteiger partial charge in [-0.15, -0.1) is 5.10 Å². The summed E-state index contributed by atoms with van der Waals surface area (Å²) in [7, 11) is 0. The number of benzene rings is 1. The van der Waals surface area contributed by atoms with E-state index in [1.165, 1.54) is 17.5 Å². The fourth-order valence-electron chi connectivity index (χ4n) is 4.97. The van der Waals surface area contributed by atoms with Crippen molar-refractivity contribution in [3.63, 3.8) is 0 Å². The van der Waals surface area contributed by atoms with Crippen LogP contribution in [0.3, 0.4) is 0 Å². The zero-order valence-corrected chi connectivity index (χ0v) is 18.0.